The van der Waals surface area contributed by atoms with Crippen molar-refractivity contribution in [1.82, 2.24) is 10.2 Å². The Hall–Kier alpha value is -3.21. The van der Waals surface area contributed by atoms with Crippen LogP contribution < -0.4 is 10.2 Å². The SMILES string of the molecule is Cc1ccc(NC(=O)C2CCCN(c3ccc(-c4ccccc4C)nn3)C2)cc1. The van der Waals surface area contributed by atoms with Crippen molar-refractivity contribution in [2.24, 2.45) is 5.92 Å². The second-order valence-electron chi connectivity index (χ2n) is 7.73. The average molecular weight is 386 g/mol. The fourth-order valence-electron chi connectivity index (χ4n) is 3.78. The molecule has 1 aliphatic rings. The molecule has 1 amide bonds. The van der Waals surface area contributed by atoms with Crippen LogP contribution in [0.1, 0.15) is 24.0 Å². The number of carbonyl (C=O) groups is 1. The molecule has 0 aliphatic carbocycles. The Morgan fingerprint density at radius 1 is 1.00 bits per heavy atom. The first-order valence-corrected chi connectivity index (χ1v) is 10.1. The standard InChI is InChI=1S/C24H26N4O/c1-17-9-11-20(12-10-17)25-24(29)19-7-5-15-28(16-19)23-14-13-22(26-27-23)21-8-4-3-6-18(21)2/h3-4,6,8-14,19H,5,7,15-16H2,1-2H3,(H,25,29). The lowest BCUT2D eigenvalue weighted by Gasteiger charge is -2.32. The first-order chi connectivity index (χ1) is 14.1. The van der Waals surface area contributed by atoms with Gasteiger partial charge in [0.2, 0.25) is 5.91 Å². The third-order valence-electron chi connectivity index (χ3n) is 5.51. The van der Waals surface area contributed by atoms with Crippen molar-refractivity contribution >= 4 is 17.4 Å². The molecule has 2 heterocycles. The maximum absolute atomic E-state index is 12.7. The molecule has 1 aromatic heterocycles. The van der Waals surface area contributed by atoms with Gasteiger partial charge in [0.15, 0.2) is 5.82 Å². The fourth-order valence-corrected chi connectivity index (χ4v) is 3.78. The zero-order valence-electron chi connectivity index (χ0n) is 16.9. The van der Waals surface area contributed by atoms with E-state index in [-0.39, 0.29) is 11.8 Å². The quantitative estimate of drug-likeness (QED) is 0.711. The van der Waals surface area contributed by atoms with Crippen LogP contribution in [0.5, 0.6) is 0 Å². The van der Waals surface area contributed by atoms with Crippen LogP contribution in [0.15, 0.2) is 60.7 Å². The molecular formula is C24H26N4O. The Morgan fingerprint density at radius 3 is 2.52 bits per heavy atom. The molecule has 2 aromatic carbocycles. The second kappa shape index (κ2) is 8.43. The van der Waals surface area contributed by atoms with Crippen molar-refractivity contribution in [3.8, 4) is 11.3 Å². The van der Waals surface area contributed by atoms with Gasteiger partial charge in [-0.15, -0.1) is 10.2 Å². The zero-order chi connectivity index (χ0) is 20.2. The van der Waals surface area contributed by atoms with Crippen LogP contribution >= 0.6 is 0 Å². The molecule has 4 rings (SSSR count). The van der Waals surface area contributed by atoms with Gasteiger partial charge in [-0.2, -0.15) is 0 Å². The normalized spacial score (nSPS) is 16.5. The minimum absolute atomic E-state index is 0.0529. The number of rotatable bonds is 4. The molecule has 0 spiro atoms. The van der Waals surface area contributed by atoms with E-state index in [1.165, 1.54) is 11.1 Å². The predicted octanol–water partition coefficient (Wildman–Crippen LogP) is 4.62. The number of nitrogens with one attached hydrogen (secondary N) is 1. The van der Waals surface area contributed by atoms with Crippen molar-refractivity contribution in [3.05, 3.63) is 71.8 Å². The van der Waals surface area contributed by atoms with Crippen molar-refractivity contribution in [2.45, 2.75) is 26.7 Å². The highest BCUT2D eigenvalue weighted by Crippen LogP contribution is 2.25. The van der Waals surface area contributed by atoms with Gasteiger partial charge in [0.05, 0.1) is 11.6 Å². The molecule has 1 aliphatic heterocycles. The van der Waals surface area contributed by atoms with Gasteiger partial charge in [0, 0.05) is 24.3 Å². The van der Waals surface area contributed by atoms with Crippen LogP contribution in [0.4, 0.5) is 11.5 Å². The Morgan fingerprint density at radius 2 is 1.79 bits per heavy atom. The van der Waals surface area contributed by atoms with Crippen molar-refractivity contribution in [1.29, 1.82) is 0 Å². The third-order valence-corrected chi connectivity index (χ3v) is 5.51. The predicted molar refractivity (Wildman–Crippen MR) is 117 cm³/mol. The number of amides is 1. The van der Waals surface area contributed by atoms with E-state index in [4.69, 9.17) is 0 Å². The molecule has 1 saturated heterocycles. The summed E-state index contributed by atoms with van der Waals surface area (Å²) in [5.74, 6) is 0.848. The summed E-state index contributed by atoms with van der Waals surface area (Å²) in [5.41, 5.74) is 5.18. The van der Waals surface area contributed by atoms with E-state index in [1.807, 2.05) is 55.5 Å². The fraction of sp³-hybridized carbons (Fsp3) is 0.292. The topological polar surface area (TPSA) is 58.1 Å². The van der Waals surface area contributed by atoms with Gasteiger partial charge in [-0.05, 0) is 56.5 Å². The maximum Gasteiger partial charge on any atom is 0.229 e. The highest BCUT2D eigenvalue weighted by atomic mass is 16.1. The van der Waals surface area contributed by atoms with E-state index < -0.39 is 0 Å². The Kier molecular flexibility index (Phi) is 5.56. The molecule has 0 radical (unpaired) electrons. The summed E-state index contributed by atoms with van der Waals surface area (Å²) in [6, 6.07) is 20.1. The molecule has 0 saturated carbocycles. The molecule has 3 aromatic rings. The number of aryl methyl sites for hydroxylation is 2. The number of hydrogen-bond acceptors (Lipinski definition) is 4. The van der Waals surface area contributed by atoms with E-state index in [0.717, 1.165) is 42.1 Å². The highest BCUT2D eigenvalue weighted by molar-refractivity contribution is 5.93. The summed E-state index contributed by atoms with van der Waals surface area (Å²) in [5, 5.41) is 11.9. The van der Waals surface area contributed by atoms with Crippen LogP contribution in [0, 0.1) is 19.8 Å². The summed E-state index contributed by atoms with van der Waals surface area (Å²) < 4.78 is 0. The number of hydrogen-bond donors (Lipinski definition) is 1. The molecule has 1 fully saturated rings. The van der Waals surface area contributed by atoms with Crippen LogP contribution in [0.2, 0.25) is 0 Å². The first kappa shape index (κ1) is 19.1. The molecule has 29 heavy (non-hydrogen) atoms. The van der Waals surface area contributed by atoms with Crippen LogP contribution in [-0.2, 0) is 4.79 Å². The number of aromatic nitrogens is 2. The lowest BCUT2D eigenvalue weighted by molar-refractivity contribution is -0.120. The summed E-state index contributed by atoms with van der Waals surface area (Å²) in [4.78, 5) is 14.9. The Balaban J connectivity index is 1.43. The molecule has 148 valence electrons. The van der Waals surface area contributed by atoms with Crippen molar-refractivity contribution in [2.75, 3.05) is 23.3 Å². The number of carbonyl (C=O) groups excluding carboxylic acids is 1. The Bertz CT molecular complexity index is 983. The van der Waals surface area contributed by atoms with Crippen LogP contribution in [0.3, 0.4) is 0 Å². The van der Waals surface area contributed by atoms with Crippen LogP contribution in [-0.4, -0.2) is 29.2 Å². The lowest BCUT2D eigenvalue weighted by atomic mass is 9.97. The molecule has 5 heteroatoms. The van der Waals surface area contributed by atoms with Crippen LogP contribution in [0.25, 0.3) is 11.3 Å². The average Bonchev–Trinajstić information content (AvgIpc) is 2.76. The van der Waals surface area contributed by atoms with Gasteiger partial charge >= 0.3 is 0 Å². The van der Waals surface area contributed by atoms with Gasteiger partial charge in [0.25, 0.3) is 0 Å². The minimum Gasteiger partial charge on any atom is -0.354 e. The molecule has 1 N–H and O–H groups in total. The first-order valence-electron chi connectivity index (χ1n) is 10.1. The smallest absolute Gasteiger partial charge is 0.229 e. The summed E-state index contributed by atoms with van der Waals surface area (Å²) in [7, 11) is 0. The number of piperidine rings is 1. The maximum atomic E-state index is 12.7. The Labute approximate surface area is 171 Å². The third kappa shape index (κ3) is 4.45. The minimum atomic E-state index is -0.0529. The van der Waals surface area contributed by atoms with Gasteiger partial charge in [0.1, 0.15) is 0 Å². The molecule has 1 atom stereocenters. The zero-order valence-corrected chi connectivity index (χ0v) is 16.9. The second-order valence-corrected chi connectivity index (χ2v) is 7.73. The van der Waals surface area contributed by atoms with Crippen molar-refractivity contribution < 1.29 is 4.79 Å². The monoisotopic (exact) mass is 386 g/mol. The van der Waals surface area contributed by atoms with E-state index in [2.05, 4.69) is 39.5 Å². The summed E-state index contributed by atoms with van der Waals surface area (Å²) >= 11 is 0. The summed E-state index contributed by atoms with van der Waals surface area (Å²) in [6.45, 7) is 5.67. The molecule has 1 unspecified atom stereocenters. The largest absolute Gasteiger partial charge is 0.354 e. The van der Waals surface area contributed by atoms with E-state index in [0.29, 0.717) is 6.54 Å². The molecular weight excluding hydrogens is 360 g/mol. The van der Waals surface area contributed by atoms with E-state index >= 15 is 0 Å². The van der Waals surface area contributed by atoms with Gasteiger partial charge in [-0.1, -0.05) is 42.0 Å². The van der Waals surface area contributed by atoms with Gasteiger partial charge < -0.3 is 10.2 Å². The number of benzene rings is 2. The van der Waals surface area contributed by atoms with Gasteiger partial charge in [-0.3, -0.25) is 4.79 Å². The highest BCUT2D eigenvalue weighted by Gasteiger charge is 2.27. The van der Waals surface area contributed by atoms with Gasteiger partial charge in [-0.25, -0.2) is 0 Å². The molecule has 0 bridgehead atoms. The van der Waals surface area contributed by atoms with E-state index in [9.17, 15) is 4.79 Å². The van der Waals surface area contributed by atoms with Crippen molar-refractivity contribution in [3.63, 3.8) is 0 Å². The molecule has 5 nitrogen and oxygen atoms in total. The number of nitrogens with zero attached hydrogens (tertiary/aromatic N) is 3. The van der Waals surface area contributed by atoms with E-state index in [1.54, 1.807) is 0 Å². The lowest BCUT2D eigenvalue weighted by Crippen LogP contribution is -2.41. The summed E-state index contributed by atoms with van der Waals surface area (Å²) in [6.07, 6.45) is 1.86. The number of anilines is 2.